The van der Waals surface area contributed by atoms with Crippen LogP contribution in [0.2, 0.25) is 0 Å². The summed E-state index contributed by atoms with van der Waals surface area (Å²) in [7, 11) is 0. The van der Waals surface area contributed by atoms with E-state index in [2.05, 4.69) is 5.32 Å². The highest BCUT2D eigenvalue weighted by atomic mass is 19.1. The minimum absolute atomic E-state index is 0.0685. The van der Waals surface area contributed by atoms with Crippen LogP contribution in [0.5, 0.6) is 0 Å². The molecule has 7 nitrogen and oxygen atoms in total. The smallest absolute Gasteiger partial charge is 0.307 e. The number of carbonyl (C=O) groups is 2. The number of hydrogen-bond acceptors (Lipinski definition) is 4. The largest absolute Gasteiger partial charge is 0.481 e. The quantitative estimate of drug-likeness (QED) is 0.502. The van der Waals surface area contributed by atoms with E-state index >= 15 is 0 Å². The molecule has 0 radical (unpaired) electrons. The molecular formula is C15H13FN2O5. The van der Waals surface area contributed by atoms with E-state index in [1.807, 2.05) is 12.2 Å². The Labute approximate surface area is 130 Å². The van der Waals surface area contributed by atoms with Crippen molar-refractivity contribution in [2.45, 2.75) is 6.42 Å². The fourth-order valence-electron chi connectivity index (χ4n) is 3.47. The van der Waals surface area contributed by atoms with Crippen molar-refractivity contribution in [2.75, 3.05) is 5.32 Å². The molecule has 0 saturated heterocycles. The summed E-state index contributed by atoms with van der Waals surface area (Å²) in [6, 6.07) is 3.02. The summed E-state index contributed by atoms with van der Waals surface area (Å²) in [5, 5.41) is 22.5. The molecule has 0 unspecified atom stereocenters. The van der Waals surface area contributed by atoms with E-state index in [1.54, 1.807) is 0 Å². The minimum atomic E-state index is -1.04. The number of hydrogen-bond donors (Lipinski definition) is 2. The number of carboxylic acids is 1. The number of carboxylic acid groups (broad SMARTS) is 1. The number of aliphatic carboxylic acids is 1. The van der Waals surface area contributed by atoms with Gasteiger partial charge in [0.15, 0.2) is 0 Å². The summed E-state index contributed by atoms with van der Waals surface area (Å²) in [4.78, 5) is 33.7. The number of halogens is 1. The third kappa shape index (κ3) is 2.56. The Hall–Kier alpha value is -2.77. The third-order valence-corrected chi connectivity index (χ3v) is 4.46. The van der Waals surface area contributed by atoms with Gasteiger partial charge in [0.1, 0.15) is 0 Å². The van der Waals surface area contributed by atoms with Gasteiger partial charge in [-0.3, -0.25) is 19.7 Å². The number of nitrogens with zero attached hydrogens (tertiary/aromatic N) is 1. The van der Waals surface area contributed by atoms with Gasteiger partial charge in [0.05, 0.1) is 16.8 Å². The maximum absolute atomic E-state index is 13.3. The number of carbonyl (C=O) groups excluding carboxylic acids is 1. The lowest BCUT2D eigenvalue weighted by Crippen LogP contribution is -2.36. The van der Waals surface area contributed by atoms with Crippen molar-refractivity contribution in [3.63, 3.8) is 0 Å². The summed E-state index contributed by atoms with van der Waals surface area (Å²) in [6.07, 6.45) is 4.26. The predicted molar refractivity (Wildman–Crippen MR) is 77.0 cm³/mol. The number of amides is 1. The molecule has 1 amide bonds. The lowest BCUT2D eigenvalue weighted by molar-refractivity contribution is -0.387. The van der Waals surface area contributed by atoms with Gasteiger partial charge in [-0.25, -0.2) is 0 Å². The zero-order valence-corrected chi connectivity index (χ0v) is 11.8. The predicted octanol–water partition coefficient (Wildman–Crippen LogP) is 2.20. The summed E-state index contributed by atoms with van der Waals surface area (Å²) >= 11 is 0. The maximum atomic E-state index is 13.3. The summed E-state index contributed by atoms with van der Waals surface area (Å²) < 4.78 is 13.3. The van der Waals surface area contributed by atoms with Crippen LogP contribution in [0.3, 0.4) is 0 Å². The molecule has 2 aliphatic carbocycles. The molecule has 0 aromatic heterocycles. The van der Waals surface area contributed by atoms with Crippen molar-refractivity contribution < 1.29 is 24.0 Å². The van der Waals surface area contributed by atoms with Crippen LogP contribution in [0.25, 0.3) is 0 Å². The van der Waals surface area contributed by atoms with Crippen LogP contribution in [-0.4, -0.2) is 21.9 Å². The van der Waals surface area contributed by atoms with Gasteiger partial charge in [-0.15, -0.1) is 0 Å². The Bertz CT molecular complexity index is 733. The first-order valence-corrected chi connectivity index (χ1v) is 7.04. The van der Waals surface area contributed by atoms with Gasteiger partial charge in [-0.05, 0) is 30.4 Å². The van der Waals surface area contributed by atoms with Gasteiger partial charge >= 0.3 is 11.7 Å². The molecule has 1 aromatic rings. The fourth-order valence-corrected chi connectivity index (χ4v) is 3.47. The molecule has 2 aliphatic rings. The highest BCUT2D eigenvalue weighted by Crippen LogP contribution is 2.48. The van der Waals surface area contributed by atoms with Gasteiger partial charge in [0.2, 0.25) is 11.7 Å². The molecular weight excluding hydrogens is 307 g/mol. The second-order valence-corrected chi connectivity index (χ2v) is 5.75. The van der Waals surface area contributed by atoms with Crippen molar-refractivity contribution in [3.8, 4) is 0 Å². The van der Waals surface area contributed by atoms with Gasteiger partial charge in [0, 0.05) is 11.8 Å². The monoisotopic (exact) mass is 320 g/mol. The van der Waals surface area contributed by atoms with Crippen molar-refractivity contribution in [1.29, 1.82) is 0 Å². The Kier molecular flexibility index (Phi) is 3.59. The molecule has 0 heterocycles. The highest BCUT2D eigenvalue weighted by molar-refractivity contribution is 5.96. The minimum Gasteiger partial charge on any atom is -0.481 e. The third-order valence-electron chi connectivity index (χ3n) is 4.46. The Morgan fingerprint density at radius 2 is 1.91 bits per heavy atom. The van der Waals surface area contributed by atoms with E-state index in [4.69, 9.17) is 0 Å². The second-order valence-electron chi connectivity index (χ2n) is 5.75. The van der Waals surface area contributed by atoms with Crippen molar-refractivity contribution in [3.05, 3.63) is 46.3 Å². The van der Waals surface area contributed by atoms with E-state index in [1.165, 1.54) is 6.07 Å². The molecule has 8 heteroatoms. The topological polar surface area (TPSA) is 110 Å². The van der Waals surface area contributed by atoms with E-state index in [0.717, 1.165) is 12.1 Å². The van der Waals surface area contributed by atoms with Crippen LogP contribution in [0.4, 0.5) is 15.8 Å². The maximum Gasteiger partial charge on any atom is 0.307 e. The normalized spacial score (nSPS) is 27.9. The van der Waals surface area contributed by atoms with Crippen LogP contribution in [0.15, 0.2) is 30.4 Å². The molecule has 0 spiro atoms. The van der Waals surface area contributed by atoms with Crippen molar-refractivity contribution in [2.24, 2.45) is 23.7 Å². The number of nitro groups is 1. The number of anilines is 1. The van der Waals surface area contributed by atoms with E-state index in [-0.39, 0.29) is 17.5 Å². The van der Waals surface area contributed by atoms with E-state index in [9.17, 15) is 29.2 Å². The van der Waals surface area contributed by atoms with Crippen LogP contribution in [0, 0.1) is 39.6 Å². The molecule has 1 aromatic carbocycles. The first-order chi connectivity index (χ1) is 10.9. The molecule has 0 aliphatic heterocycles. The average molecular weight is 320 g/mol. The Morgan fingerprint density at radius 1 is 1.26 bits per heavy atom. The number of fused-ring (bicyclic) bond motifs is 2. The molecule has 1 saturated carbocycles. The van der Waals surface area contributed by atoms with Crippen molar-refractivity contribution >= 4 is 23.3 Å². The van der Waals surface area contributed by atoms with Gasteiger partial charge in [0.25, 0.3) is 0 Å². The first kappa shape index (κ1) is 15.1. The van der Waals surface area contributed by atoms with Crippen molar-refractivity contribution in [1.82, 2.24) is 0 Å². The highest BCUT2D eigenvalue weighted by Gasteiger charge is 2.51. The van der Waals surface area contributed by atoms with Crippen LogP contribution >= 0.6 is 0 Å². The summed E-state index contributed by atoms with van der Waals surface area (Å²) in [6.45, 7) is 0. The zero-order valence-electron chi connectivity index (χ0n) is 11.8. The number of nitro benzene ring substituents is 1. The lowest BCUT2D eigenvalue weighted by Gasteiger charge is -2.23. The van der Waals surface area contributed by atoms with E-state index in [0.29, 0.717) is 6.42 Å². The molecule has 2 bridgehead atoms. The fraction of sp³-hybridized carbons (Fsp3) is 0.333. The van der Waals surface area contributed by atoms with Gasteiger partial charge in [-0.1, -0.05) is 12.2 Å². The molecule has 120 valence electrons. The molecule has 23 heavy (non-hydrogen) atoms. The van der Waals surface area contributed by atoms with E-state index < -0.39 is 40.1 Å². The SMILES string of the molecule is O=C(Nc1ccc(F)c([N+](=O)[O-])c1)[C@@H]1[C@H](C(=O)O)[C@@H]2C=C[C@H]1C2. The van der Waals surface area contributed by atoms with Gasteiger partial charge in [-0.2, -0.15) is 4.39 Å². The zero-order chi connectivity index (χ0) is 16.7. The number of rotatable bonds is 4. The second kappa shape index (κ2) is 5.45. The number of nitrogens with one attached hydrogen (secondary N) is 1. The Balaban J connectivity index is 1.82. The van der Waals surface area contributed by atoms with Crippen LogP contribution in [-0.2, 0) is 9.59 Å². The van der Waals surface area contributed by atoms with Crippen LogP contribution in [0.1, 0.15) is 6.42 Å². The first-order valence-electron chi connectivity index (χ1n) is 7.04. The number of allylic oxidation sites excluding steroid dienone is 2. The molecule has 4 atom stereocenters. The van der Waals surface area contributed by atoms with Gasteiger partial charge < -0.3 is 10.4 Å². The lowest BCUT2D eigenvalue weighted by atomic mass is 9.82. The summed E-state index contributed by atoms with van der Waals surface area (Å²) in [5.41, 5.74) is -0.676. The number of benzene rings is 1. The molecule has 3 rings (SSSR count). The van der Waals surface area contributed by atoms with Crippen LogP contribution < -0.4 is 5.32 Å². The Morgan fingerprint density at radius 3 is 2.52 bits per heavy atom. The molecule has 2 N–H and O–H groups in total. The molecule has 1 fully saturated rings. The standard InChI is InChI=1S/C15H13FN2O5/c16-10-4-3-9(6-11(10)18(22)23)17-14(19)12-7-1-2-8(5-7)13(12)15(20)21/h1-4,6-8,12-13H,5H2,(H,17,19)(H,20,21)/t7-,8+,12-,13+/m0/s1. The average Bonchev–Trinajstić information content (AvgIpc) is 3.09. The summed E-state index contributed by atoms with van der Waals surface area (Å²) in [5.74, 6) is -4.42.